The molecule has 0 aliphatic heterocycles. The molecule has 0 amide bonds. The molecule has 0 spiro atoms. The largest absolute Gasteiger partial charge is 0.477 e. The number of thiophene rings is 1. The molecule has 16 heavy (non-hydrogen) atoms. The van der Waals surface area contributed by atoms with Crippen molar-refractivity contribution in [3.8, 4) is 0 Å². The number of hydrogen-bond acceptors (Lipinski definition) is 3. The second-order valence-corrected chi connectivity index (χ2v) is 5.67. The fourth-order valence-corrected chi connectivity index (χ4v) is 2.19. The summed E-state index contributed by atoms with van der Waals surface area (Å²) in [5.74, 6) is -0.255. The van der Waals surface area contributed by atoms with E-state index in [2.05, 4.69) is 26.1 Å². The van der Waals surface area contributed by atoms with Gasteiger partial charge in [0.25, 0.3) is 0 Å². The first-order valence-electron chi connectivity index (χ1n) is 5.47. The molecule has 0 bridgehead atoms. The molecule has 1 aromatic rings. The van der Waals surface area contributed by atoms with Gasteiger partial charge in [-0.25, -0.2) is 4.79 Å². The van der Waals surface area contributed by atoms with Crippen LogP contribution in [0.5, 0.6) is 0 Å². The maximum atomic E-state index is 10.8. The molecule has 1 rings (SSSR count). The summed E-state index contributed by atoms with van der Waals surface area (Å²) in [5, 5.41) is 12.3. The third-order valence-electron chi connectivity index (χ3n) is 2.85. The van der Waals surface area contributed by atoms with E-state index in [9.17, 15) is 4.79 Å². The molecule has 0 saturated carbocycles. The standard InChI is InChI=1S/C12H19NO2S/c1-7(2)8(3)13-6-10-5-11(12(14)15)16-9(10)4/h5,7-8,13H,6H2,1-4H3,(H,14,15). The van der Waals surface area contributed by atoms with Crippen LogP contribution in [-0.4, -0.2) is 17.1 Å². The maximum absolute atomic E-state index is 10.8. The zero-order valence-corrected chi connectivity index (χ0v) is 11.0. The third kappa shape index (κ3) is 3.32. The van der Waals surface area contributed by atoms with E-state index in [0.29, 0.717) is 16.8 Å². The van der Waals surface area contributed by atoms with E-state index >= 15 is 0 Å². The molecule has 0 radical (unpaired) electrons. The Morgan fingerprint density at radius 1 is 1.50 bits per heavy atom. The minimum absolute atomic E-state index is 0.423. The highest BCUT2D eigenvalue weighted by Gasteiger charge is 2.12. The molecule has 3 nitrogen and oxygen atoms in total. The summed E-state index contributed by atoms with van der Waals surface area (Å²) in [5.41, 5.74) is 1.09. The van der Waals surface area contributed by atoms with Crippen molar-refractivity contribution in [1.82, 2.24) is 5.32 Å². The van der Waals surface area contributed by atoms with Crippen LogP contribution >= 0.6 is 11.3 Å². The highest BCUT2D eigenvalue weighted by atomic mass is 32.1. The molecule has 1 unspecified atom stereocenters. The zero-order valence-electron chi connectivity index (χ0n) is 10.2. The quantitative estimate of drug-likeness (QED) is 0.833. The highest BCUT2D eigenvalue weighted by Crippen LogP contribution is 2.21. The lowest BCUT2D eigenvalue weighted by molar-refractivity contribution is 0.0702. The zero-order chi connectivity index (χ0) is 12.3. The molecule has 4 heteroatoms. The van der Waals surface area contributed by atoms with Crippen molar-refractivity contribution in [2.24, 2.45) is 5.92 Å². The van der Waals surface area contributed by atoms with Gasteiger partial charge in [0.2, 0.25) is 0 Å². The lowest BCUT2D eigenvalue weighted by atomic mass is 10.1. The first-order chi connectivity index (χ1) is 7.41. The van der Waals surface area contributed by atoms with E-state index in [1.807, 2.05) is 6.92 Å². The van der Waals surface area contributed by atoms with E-state index in [0.717, 1.165) is 17.0 Å². The van der Waals surface area contributed by atoms with Gasteiger partial charge < -0.3 is 10.4 Å². The maximum Gasteiger partial charge on any atom is 0.345 e. The smallest absolute Gasteiger partial charge is 0.345 e. The molecule has 1 aromatic heterocycles. The topological polar surface area (TPSA) is 49.3 Å². The van der Waals surface area contributed by atoms with Gasteiger partial charge in [-0.15, -0.1) is 11.3 Å². The normalized spacial score (nSPS) is 13.1. The van der Waals surface area contributed by atoms with E-state index in [4.69, 9.17) is 5.11 Å². The predicted molar refractivity (Wildman–Crippen MR) is 67.2 cm³/mol. The number of hydrogen-bond donors (Lipinski definition) is 2. The van der Waals surface area contributed by atoms with Crippen LogP contribution in [0.4, 0.5) is 0 Å². The lowest BCUT2D eigenvalue weighted by Crippen LogP contribution is -2.30. The number of aromatic carboxylic acids is 1. The first kappa shape index (κ1) is 13.2. The van der Waals surface area contributed by atoms with Gasteiger partial charge in [-0.05, 0) is 31.4 Å². The summed E-state index contributed by atoms with van der Waals surface area (Å²) in [6, 6.07) is 2.20. The summed E-state index contributed by atoms with van der Waals surface area (Å²) in [4.78, 5) is 12.3. The van der Waals surface area contributed by atoms with Gasteiger partial charge in [0.05, 0.1) is 0 Å². The van der Waals surface area contributed by atoms with E-state index in [-0.39, 0.29) is 0 Å². The van der Waals surface area contributed by atoms with Gasteiger partial charge in [-0.2, -0.15) is 0 Å². The number of carbonyl (C=O) groups is 1. The minimum atomic E-state index is -0.837. The molecule has 0 aliphatic rings. The van der Waals surface area contributed by atoms with Crippen LogP contribution in [0.2, 0.25) is 0 Å². The number of aryl methyl sites for hydroxylation is 1. The van der Waals surface area contributed by atoms with Gasteiger partial charge in [0.15, 0.2) is 0 Å². The Hall–Kier alpha value is -0.870. The Bertz CT molecular complexity index is 371. The molecule has 1 heterocycles. The van der Waals surface area contributed by atoms with Crippen molar-refractivity contribution < 1.29 is 9.90 Å². The first-order valence-corrected chi connectivity index (χ1v) is 6.29. The van der Waals surface area contributed by atoms with Crippen LogP contribution in [-0.2, 0) is 6.54 Å². The molecule has 0 saturated heterocycles. The predicted octanol–water partition coefficient (Wildman–Crippen LogP) is 2.89. The summed E-state index contributed by atoms with van der Waals surface area (Å²) >= 11 is 1.34. The fourth-order valence-electron chi connectivity index (χ4n) is 1.31. The van der Waals surface area contributed by atoms with Crippen molar-refractivity contribution in [3.63, 3.8) is 0 Å². The second kappa shape index (κ2) is 5.46. The monoisotopic (exact) mass is 241 g/mol. The lowest BCUT2D eigenvalue weighted by Gasteiger charge is -2.17. The number of rotatable bonds is 5. The Morgan fingerprint density at radius 3 is 2.56 bits per heavy atom. The molecule has 1 atom stereocenters. The van der Waals surface area contributed by atoms with Gasteiger partial charge in [-0.1, -0.05) is 13.8 Å². The van der Waals surface area contributed by atoms with Crippen molar-refractivity contribution in [3.05, 3.63) is 21.4 Å². The van der Waals surface area contributed by atoms with E-state index in [1.165, 1.54) is 11.3 Å². The van der Waals surface area contributed by atoms with Gasteiger partial charge >= 0.3 is 5.97 Å². The van der Waals surface area contributed by atoms with Crippen LogP contribution < -0.4 is 5.32 Å². The fraction of sp³-hybridized carbons (Fsp3) is 0.583. The number of nitrogens with one attached hydrogen (secondary N) is 1. The second-order valence-electron chi connectivity index (χ2n) is 4.41. The molecule has 90 valence electrons. The van der Waals surface area contributed by atoms with E-state index < -0.39 is 5.97 Å². The van der Waals surface area contributed by atoms with Crippen molar-refractivity contribution in [2.75, 3.05) is 0 Å². The molecular weight excluding hydrogens is 222 g/mol. The van der Waals surface area contributed by atoms with Gasteiger partial charge in [0.1, 0.15) is 4.88 Å². The molecule has 2 N–H and O–H groups in total. The highest BCUT2D eigenvalue weighted by molar-refractivity contribution is 7.14. The molecule has 0 aliphatic carbocycles. The molecule has 0 aromatic carbocycles. The average Bonchev–Trinajstić information content (AvgIpc) is 2.56. The number of carboxylic acid groups (broad SMARTS) is 1. The minimum Gasteiger partial charge on any atom is -0.477 e. The SMILES string of the molecule is Cc1sc(C(=O)O)cc1CNC(C)C(C)C. The third-order valence-corrected chi connectivity index (χ3v) is 3.93. The Kier molecular flexibility index (Phi) is 4.50. The summed E-state index contributed by atoms with van der Waals surface area (Å²) in [6.45, 7) is 9.19. The molecule has 0 fully saturated rings. The van der Waals surface area contributed by atoms with Crippen LogP contribution in [0.1, 0.15) is 40.9 Å². The van der Waals surface area contributed by atoms with E-state index in [1.54, 1.807) is 6.07 Å². The van der Waals surface area contributed by atoms with Crippen LogP contribution in [0.3, 0.4) is 0 Å². The Morgan fingerprint density at radius 2 is 2.12 bits per heavy atom. The van der Waals surface area contributed by atoms with Crippen LogP contribution in [0.25, 0.3) is 0 Å². The Balaban J connectivity index is 2.64. The number of carboxylic acids is 1. The molecular formula is C12H19NO2S. The summed E-state index contributed by atoms with van der Waals surface area (Å²) in [6.07, 6.45) is 0. The van der Waals surface area contributed by atoms with Gasteiger partial charge in [0, 0.05) is 17.5 Å². The van der Waals surface area contributed by atoms with Crippen LogP contribution in [0, 0.1) is 12.8 Å². The Labute approximate surface area is 100 Å². The van der Waals surface area contributed by atoms with Crippen molar-refractivity contribution in [2.45, 2.75) is 40.3 Å². The van der Waals surface area contributed by atoms with Crippen molar-refractivity contribution in [1.29, 1.82) is 0 Å². The van der Waals surface area contributed by atoms with Gasteiger partial charge in [-0.3, -0.25) is 0 Å². The van der Waals surface area contributed by atoms with Crippen molar-refractivity contribution >= 4 is 17.3 Å². The summed E-state index contributed by atoms with van der Waals surface area (Å²) < 4.78 is 0. The average molecular weight is 241 g/mol. The van der Waals surface area contributed by atoms with Crippen LogP contribution in [0.15, 0.2) is 6.07 Å². The summed E-state index contributed by atoms with van der Waals surface area (Å²) in [7, 11) is 0.